The Morgan fingerprint density at radius 3 is 2.36 bits per heavy atom. The van der Waals surface area contributed by atoms with Crippen LogP contribution in [0.15, 0.2) is 53.1 Å². The van der Waals surface area contributed by atoms with Gasteiger partial charge < -0.3 is 4.52 Å². The van der Waals surface area contributed by atoms with Crippen molar-refractivity contribution in [2.24, 2.45) is 0 Å². The van der Waals surface area contributed by atoms with Crippen molar-refractivity contribution in [3.63, 3.8) is 0 Å². The summed E-state index contributed by atoms with van der Waals surface area (Å²) < 4.78 is 44.6. The lowest BCUT2D eigenvalue weighted by Crippen LogP contribution is -2.33. The van der Waals surface area contributed by atoms with Crippen molar-refractivity contribution in [2.45, 2.75) is 62.6 Å². The maximum Gasteiger partial charge on any atom is 0.433 e. The first-order chi connectivity index (χ1) is 15.9. The summed E-state index contributed by atoms with van der Waals surface area (Å²) in [6.07, 6.45) is 1.43. The summed E-state index contributed by atoms with van der Waals surface area (Å²) in [4.78, 5) is 10.9. The van der Waals surface area contributed by atoms with Crippen LogP contribution in [0, 0.1) is 0 Å². The van der Waals surface area contributed by atoms with Crippen molar-refractivity contribution in [3.8, 4) is 0 Å². The number of aromatic nitrogens is 3. The number of hydrogen-bond acceptors (Lipinski definition) is 5. The summed E-state index contributed by atoms with van der Waals surface area (Å²) in [5, 5.41) is 4.38. The minimum absolute atomic E-state index is 0.0293. The van der Waals surface area contributed by atoms with E-state index < -0.39 is 11.9 Å². The number of benzene rings is 1. The van der Waals surface area contributed by atoms with E-state index in [4.69, 9.17) is 9.51 Å². The van der Waals surface area contributed by atoms with E-state index in [2.05, 4.69) is 39.3 Å². The number of rotatable bonds is 5. The van der Waals surface area contributed by atoms with Crippen molar-refractivity contribution in [3.05, 3.63) is 77.2 Å². The van der Waals surface area contributed by atoms with Crippen LogP contribution in [0.4, 0.5) is 13.2 Å². The van der Waals surface area contributed by atoms with Crippen LogP contribution in [0.1, 0.15) is 73.1 Å². The van der Waals surface area contributed by atoms with Gasteiger partial charge >= 0.3 is 6.18 Å². The van der Waals surface area contributed by atoms with Crippen LogP contribution < -0.4 is 0 Å². The average molecular weight is 457 g/mol. The molecule has 2 aromatic heterocycles. The summed E-state index contributed by atoms with van der Waals surface area (Å²) in [6, 6.07) is 14.6. The zero-order valence-electron chi connectivity index (χ0n) is 18.4. The molecule has 8 heteroatoms. The smallest absolute Gasteiger partial charge is 0.338 e. The molecule has 5 nitrogen and oxygen atoms in total. The van der Waals surface area contributed by atoms with E-state index >= 15 is 0 Å². The molecule has 1 aromatic carbocycles. The number of pyridine rings is 1. The van der Waals surface area contributed by atoms with Gasteiger partial charge in [0.15, 0.2) is 5.82 Å². The van der Waals surface area contributed by atoms with E-state index in [-0.39, 0.29) is 11.3 Å². The number of halogens is 3. The van der Waals surface area contributed by atoms with Crippen molar-refractivity contribution in [1.29, 1.82) is 0 Å². The largest absolute Gasteiger partial charge is 0.433 e. The molecule has 3 heterocycles. The number of piperidine rings is 1. The molecule has 3 aromatic rings. The Bertz CT molecular complexity index is 1070. The van der Waals surface area contributed by atoms with E-state index in [0.717, 1.165) is 63.5 Å². The van der Waals surface area contributed by atoms with Crippen molar-refractivity contribution >= 4 is 0 Å². The molecular formula is C25H27F3N4O. The second kappa shape index (κ2) is 8.89. The van der Waals surface area contributed by atoms with E-state index in [9.17, 15) is 13.2 Å². The fraction of sp³-hybridized carbons (Fsp3) is 0.480. The SMILES string of the molecule is FC(F)(F)c1cccc(C2CCN(Cc3nc(C4(c5ccccc5)CCCC4)no3)CC2)n1. The van der Waals surface area contributed by atoms with Gasteiger partial charge in [0.1, 0.15) is 5.69 Å². The van der Waals surface area contributed by atoms with Gasteiger partial charge in [-0.25, -0.2) is 4.98 Å². The Kier molecular flexibility index (Phi) is 5.95. The second-order valence-electron chi connectivity index (χ2n) is 9.16. The highest BCUT2D eigenvalue weighted by Gasteiger charge is 2.41. The Balaban J connectivity index is 1.24. The predicted molar refractivity (Wildman–Crippen MR) is 116 cm³/mol. The third kappa shape index (κ3) is 4.53. The first-order valence-electron chi connectivity index (χ1n) is 11.6. The molecule has 0 bridgehead atoms. The number of hydrogen-bond donors (Lipinski definition) is 0. The van der Waals surface area contributed by atoms with Gasteiger partial charge in [-0.15, -0.1) is 0 Å². The van der Waals surface area contributed by atoms with Crippen LogP contribution in [0.5, 0.6) is 0 Å². The van der Waals surface area contributed by atoms with Gasteiger partial charge in [0.05, 0.1) is 12.0 Å². The molecular weight excluding hydrogens is 429 g/mol. The Hall–Kier alpha value is -2.74. The minimum Gasteiger partial charge on any atom is -0.338 e. The molecule has 1 saturated carbocycles. The molecule has 2 aliphatic rings. The topological polar surface area (TPSA) is 55.1 Å². The monoisotopic (exact) mass is 456 g/mol. The molecule has 0 radical (unpaired) electrons. The van der Waals surface area contributed by atoms with E-state index in [0.29, 0.717) is 18.1 Å². The van der Waals surface area contributed by atoms with Crippen LogP contribution >= 0.6 is 0 Å². The number of nitrogens with zero attached hydrogens (tertiary/aromatic N) is 4. The molecule has 0 amide bonds. The molecule has 1 aliphatic carbocycles. The normalized spacial score (nSPS) is 19.7. The molecule has 0 unspecified atom stereocenters. The minimum atomic E-state index is -4.41. The fourth-order valence-electron chi connectivity index (χ4n) is 5.31. The van der Waals surface area contributed by atoms with Gasteiger partial charge in [0, 0.05) is 11.6 Å². The Labute approximate surface area is 191 Å². The molecule has 1 aliphatic heterocycles. The van der Waals surface area contributed by atoms with Gasteiger partial charge in [-0.2, -0.15) is 18.2 Å². The molecule has 0 atom stereocenters. The number of likely N-dealkylation sites (tertiary alicyclic amines) is 1. The van der Waals surface area contributed by atoms with Gasteiger partial charge in [-0.05, 0) is 56.5 Å². The zero-order chi connectivity index (χ0) is 22.9. The summed E-state index contributed by atoms with van der Waals surface area (Å²) in [7, 11) is 0. The van der Waals surface area contributed by atoms with E-state index in [1.807, 2.05) is 6.07 Å². The van der Waals surface area contributed by atoms with Crippen molar-refractivity contribution in [2.75, 3.05) is 13.1 Å². The van der Waals surface area contributed by atoms with Crippen LogP contribution in [-0.4, -0.2) is 33.1 Å². The second-order valence-corrected chi connectivity index (χ2v) is 9.16. The van der Waals surface area contributed by atoms with Gasteiger partial charge in [0.25, 0.3) is 0 Å². The lowest BCUT2D eigenvalue weighted by atomic mass is 9.78. The number of alkyl halides is 3. The lowest BCUT2D eigenvalue weighted by molar-refractivity contribution is -0.141. The quantitative estimate of drug-likeness (QED) is 0.491. The van der Waals surface area contributed by atoms with Crippen LogP contribution in [0.3, 0.4) is 0 Å². The van der Waals surface area contributed by atoms with Gasteiger partial charge in [0.2, 0.25) is 5.89 Å². The molecule has 174 valence electrons. The molecule has 5 rings (SSSR count). The summed E-state index contributed by atoms with van der Waals surface area (Å²) in [5.74, 6) is 1.40. The van der Waals surface area contributed by atoms with Crippen LogP contribution in [0.25, 0.3) is 0 Å². The molecule has 2 fully saturated rings. The van der Waals surface area contributed by atoms with Crippen molar-refractivity contribution < 1.29 is 17.7 Å². The first-order valence-corrected chi connectivity index (χ1v) is 11.6. The Morgan fingerprint density at radius 2 is 1.67 bits per heavy atom. The van der Waals surface area contributed by atoms with Gasteiger partial charge in [-0.3, -0.25) is 4.90 Å². The maximum atomic E-state index is 13.0. The van der Waals surface area contributed by atoms with Crippen molar-refractivity contribution in [1.82, 2.24) is 20.0 Å². The third-order valence-corrected chi connectivity index (χ3v) is 7.11. The van der Waals surface area contributed by atoms with Crippen LogP contribution in [-0.2, 0) is 18.1 Å². The zero-order valence-corrected chi connectivity index (χ0v) is 18.4. The highest BCUT2D eigenvalue weighted by Crippen LogP contribution is 2.45. The third-order valence-electron chi connectivity index (χ3n) is 7.11. The molecule has 1 saturated heterocycles. The highest BCUT2D eigenvalue weighted by molar-refractivity contribution is 5.33. The van der Waals surface area contributed by atoms with E-state index in [1.165, 1.54) is 11.6 Å². The first kappa shape index (κ1) is 22.1. The summed E-state index contributed by atoms with van der Waals surface area (Å²) in [5.41, 5.74) is 0.769. The van der Waals surface area contributed by atoms with Crippen LogP contribution in [0.2, 0.25) is 0 Å². The Morgan fingerprint density at radius 1 is 0.939 bits per heavy atom. The predicted octanol–water partition coefficient (Wildman–Crippen LogP) is 5.72. The maximum absolute atomic E-state index is 13.0. The summed E-state index contributed by atoms with van der Waals surface area (Å²) in [6.45, 7) is 2.06. The van der Waals surface area contributed by atoms with E-state index in [1.54, 1.807) is 6.07 Å². The van der Waals surface area contributed by atoms with Gasteiger partial charge in [-0.1, -0.05) is 54.4 Å². The average Bonchev–Trinajstić information content (AvgIpc) is 3.50. The molecule has 0 N–H and O–H groups in total. The molecule has 0 spiro atoms. The highest BCUT2D eigenvalue weighted by atomic mass is 19.4. The standard InChI is InChI=1S/C25H27F3N4O/c26-25(27,28)21-10-6-9-20(29-21)18-11-15-32(16-12-18)17-22-30-23(31-33-22)24(13-4-5-14-24)19-7-2-1-3-8-19/h1-3,6-10,18H,4-5,11-17H2. The summed E-state index contributed by atoms with van der Waals surface area (Å²) >= 11 is 0. The lowest BCUT2D eigenvalue weighted by Gasteiger charge is -2.30. The fourth-order valence-corrected chi connectivity index (χ4v) is 5.31. The molecule has 33 heavy (non-hydrogen) atoms.